The third-order valence-electron chi connectivity index (χ3n) is 1.87. The summed E-state index contributed by atoms with van der Waals surface area (Å²) in [5.41, 5.74) is 7.11. The van der Waals surface area contributed by atoms with Gasteiger partial charge in [0.25, 0.3) is 0 Å². The lowest BCUT2D eigenvalue weighted by atomic mass is 10.1. The van der Waals surface area contributed by atoms with Crippen molar-refractivity contribution in [2.24, 2.45) is 5.73 Å². The van der Waals surface area contributed by atoms with Crippen molar-refractivity contribution in [1.82, 2.24) is 0 Å². The average molecular weight is 169 g/mol. The Labute approximate surface area is 71.1 Å². The van der Waals surface area contributed by atoms with Gasteiger partial charge in [0, 0.05) is 12.6 Å². The van der Waals surface area contributed by atoms with Crippen LogP contribution < -0.4 is 10.5 Å². The van der Waals surface area contributed by atoms with Crippen LogP contribution in [0.4, 0.5) is 4.39 Å². The Morgan fingerprint density at radius 1 is 1.50 bits per heavy atom. The van der Waals surface area contributed by atoms with Crippen LogP contribution in [0.15, 0.2) is 12.1 Å². The molecule has 0 radical (unpaired) electrons. The highest BCUT2D eigenvalue weighted by molar-refractivity contribution is 5.39. The van der Waals surface area contributed by atoms with Gasteiger partial charge in [-0.1, -0.05) is 0 Å². The van der Waals surface area contributed by atoms with Gasteiger partial charge < -0.3 is 10.5 Å². The van der Waals surface area contributed by atoms with Crippen molar-refractivity contribution in [3.8, 4) is 5.75 Å². The molecule has 0 amide bonds. The minimum atomic E-state index is -0.307. The van der Waals surface area contributed by atoms with Gasteiger partial charge >= 0.3 is 0 Å². The second-order valence-electron chi connectivity index (χ2n) is 2.60. The summed E-state index contributed by atoms with van der Waals surface area (Å²) in [6.45, 7) is 2.19. The van der Waals surface area contributed by atoms with E-state index in [9.17, 15) is 4.39 Å². The first-order valence-electron chi connectivity index (χ1n) is 3.72. The summed E-state index contributed by atoms with van der Waals surface area (Å²) in [6.07, 6.45) is 0. The fraction of sp³-hybridized carbons (Fsp3) is 0.333. The van der Waals surface area contributed by atoms with Crippen molar-refractivity contribution >= 4 is 0 Å². The smallest absolute Gasteiger partial charge is 0.127 e. The van der Waals surface area contributed by atoms with Gasteiger partial charge in [0.05, 0.1) is 7.11 Å². The SMILES string of the molecule is COc1cc(F)cc(CN)c1C. The van der Waals surface area contributed by atoms with Crippen LogP contribution in [0, 0.1) is 12.7 Å². The van der Waals surface area contributed by atoms with E-state index in [1.165, 1.54) is 19.2 Å². The Morgan fingerprint density at radius 3 is 2.67 bits per heavy atom. The van der Waals surface area contributed by atoms with Crippen LogP contribution in [0.2, 0.25) is 0 Å². The predicted octanol–water partition coefficient (Wildman–Crippen LogP) is 1.60. The maximum atomic E-state index is 12.8. The number of hydrogen-bond acceptors (Lipinski definition) is 2. The first-order chi connectivity index (χ1) is 5.69. The molecular weight excluding hydrogens is 157 g/mol. The zero-order valence-corrected chi connectivity index (χ0v) is 7.23. The maximum absolute atomic E-state index is 12.8. The molecule has 0 aromatic heterocycles. The van der Waals surface area contributed by atoms with E-state index in [2.05, 4.69) is 0 Å². The first-order valence-corrected chi connectivity index (χ1v) is 3.72. The molecule has 0 saturated carbocycles. The van der Waals surface area contributed by atoms with Crippen LogP contribution in [0.1, 0.15) is 11.1 Å². The van der Waals surface area contributed by atoms with Crippen molar-refractivity contribution in [2.45, 2.75) is 13.5 Å². The topological polar surface area (TPSA) is 35.2 Å². The summed E-state index contributed by atoms with van der Waals surface area (Å²) in [5, 5.41) is 0. The Balaban J connectivity index is 3.22. The van der Waals surface area contributed by atoms with Crippen LogP contribution >= 0.6 is 0 Å². The third kappa shape index (κ3) is 1.56. The van der Waals surface area contributed by atoms with Gasteiger partial charge in [0.15, 0.2) is 0 Å². The largest absolute Gasteiger partial charge is 0.496 e. The number of halogens is 1. The fourth-order valence-electron chi connectivity index (χ4n) is 1.13. The quantitative estimate of drug-likeness (QED) is 0.729. The molecule has 0 unspecified atom stereocenters. The average Bonchev–Trinajstić information content (AvgIpc) is 2.08. The summed E-state index contributed by atoms with van der Waals surface area (Å²) in [4.78, 5) is 0. The lowest BCUT2D eigenvalue weighted by Crippen LogP contribution is -2.01. The van der Waals surface area contributed by atoms with Gasteiger partial charge in [-0.25, -0.2) is 4.39 Å². The van der Waals surface area contributed by atoms with Crippen molar-refractivity contribution in [1.29, 1.82) is 0 Å². The summed E-state index contributed by atoms with van der Waals surface area (Å²) in [6, 6.07) is 2.78. The Hall–Kier alpha value is -1.09. The first kappa shape index (κ1) is 9.00. The van der Waals surface area contributed by atoms with Crippen molar-refractivity contribution < 1.29 is 9.13 Å². The summed E-state index contributed by atoms with van der Waals surface area (Å²) >= 11 is 0. The molecule has 2 N–H and O–H groups in total. The monoisotopic (exact) mass is 169 g/mol. The van der Waals surface area contributed by atoms with Crippen LogP contribution in [0.3, 0.4) is 0 Å². The third-order valence-corrected chi connectivity index (χ3v) is 1.87. The van der Waals surface area contributed by atoms with Crippen molar-refractivity contribution in [2.75, 3.05) is 7.11 Å². The second kappa shape index (κ2) is 3.54. The van der Waals surface area contributed by atoms with E-state index in [-0.39, 0.29) is 5.82 Å². The zero-order chi connectivity index (χ0) is 9.14. The molecule has 0 saturated heterocycles. The standard InChI is InChI=1S/C9H12FNO/c1-6-7(5-11)3-8(10)4-9(6)12-2/h3-4H,5,11H2,1-2H3. The number of nitrogens with two attached hydrogens (primary N) is 1. The number of benzene rings is 1. The number of rotatable bonds is 2. The van der Waals surface area contributed by atoms with Gasteiger partial charge in [-0.2, -0.15) is 0 Å². The van der Waals surface area contributed by atoms with Crippen LogP contribution in [0.5, 0.6) is 5.75 Å². The van der Waals surface area contributed by atoms with Gasteiger partial charge in [-0.15, -0.1) is 0 Å². The van der Waals surface area contributed by atoms with Gasteiger partial charge in [0.1, 0.15) is 11.6 Å². The zero-order valence-electron chi connectivity index (χ0n) is 7.23. The predicted molar refractivity (Wildman–Crippen MR) is 45.6 cm³/mol. The number of ether oxygens (including phenoxy) is 1. The summed E-state index contributed by atoms with van der Waals surface area (Å²) < 4.78 is 17.8. The summed E-state index contributed by atoms with van der Waals surface area (Å²) in [5.74, 6) is 0.244. The molecule has 0 aliphatic rings. The van der Waals surface area contributed by atoms with E-state index >= 15 is 0 Å². The molecule has 0 spiro atoms. The molecule has 1 aromatic rings. The molecule has 0 aliphatic heterocycles. The Morgan fingerprint density at radius 2 is 2.17 bits per heavy atom. The minimum absolute atomic E-state index is 0.307. The lowest BCUT2D eigenvalue weighted by Gasteiger charge is -2.08. The van der Waals surface area contributed by atoms with Gasteiger partial charge in [-0.3, -0.25) is 0 Å². The Bertz CT molecular complexity index is 261. The maximum Gasteiger partial charge on any atom is 0.127 e. The number of hydrogen-bond donors (Lipinski definition) is 1. The highest BCUT2D eigenvalue weighted by Crippen LogP contribution is 2.22. The lowest BCUT2D eigenvalue weighted by molar-refractivity contribution is 0.407. The molecule has 0 atom stereocenters. The van der Waals surface area contributed by atoms with E-state index in [0.29, 0.717) is 12.3 Å². The molecule has 12 heavy (non-hydrogen) atoms. The normalized spacial score (nSPS) is 10.0. The molecule has 2 nitrogen and oxygen atoms in total. The van der Waals surface area contributed by atoms with E-state index in [1.54, 1.807) is 0 Å². The molecule has 1 aromatic carbocycles. The second-order valence-corrected chi connectivity index (χ2v) is 2.60. The fourth-order valence-corrected chi connectivity index (χ4v) is 1.13. The molecule has 0 aliphatic carbocycles. The van der Waals surface area contributed by atoms with Gasteiger partial charge in [0.2, 0.25) is 0 Å². The summed E-state index contributed by atoms with van der Waals surface area (Å²) in [7, 11) is 1.52. The van der Waals surface area contributed by atoms with E-state index in [4.69, 9.17) is 10.5 Å². The molecule has 0 fully saturated rings. The molecule has 1 rings (SSSR count). The van der Waals surface area contributed by atoms with Crippen molar-refractivity contribution in [3.63, 3.8) is 0 Å². The van der Waals surface area contributed by atoms with E-state index in [0.717, 1.165) is 11.1 Å². The van der Waals surface area contributed by atoms with Gasteiger partial charge in [-0.05, 0) is 24.1 Å². The molecule has 0 bridgehead atoms. The minimum Gasteiger partial charge on any atom is -0.496 e. The van der Waals surface area contributed by atoms with Crippen molar-refractivity contribution in [3.05, 3.63) is 29.1 Å². The van der Waals surface area contributed by atoms with Crippen LogP contribution in [-0.4, -0.2) is 7.11 Å². The van der Waals surface area contributed by atoms with E-state index < -0.39 is 0 Å². The molecule has 0 heterocycles. The Kier molecular flexibility index (Phi) is 2.65. The van der Waals surface area contributed by atoms with E-state index in [1.807, 2.05) is 6.92 Å². The molecular formula is C9H12FNO. The van der Waals surface area contributed by atoms with Crippen LogP contribution in [0.25, 0.3) is 0 Å². The molecule has 66 valence electrons. The molecule has 3 heteroatoms. The number of methoxy groups -OCH3 is 1. The highest BCUT2D eigenvalue weighted by atomic mass is 19.1. The highest BCUT2D eigenvalue weighted by Gasteiger charge is 2.05. The van der Waals surface area contributed by atoms with Crippen LogP contribution in [-0.2, 0) is 6.54 Å².